The van der Waals surface area contributed by atoms with Crippen molar-refractivity contribution < 1.29 is 18.8 Å². The van der Waals surface area contributed by atoms with Crippen LogP contribution in [-0.2, 0) is 4.74 Å². The van der Waals surface area contributed by atoms with Crippen LogP contribution in [0.3, 0.4) is 0 Å². The van der Waals surface area contributed by atoms with Gasteiger partial charge in [-0.3, -0.25) is 5.32 Å². The van der Waals surface area contributed by atoms with E-state index >= 15 is 0 Å². The third-order valence-electron chi connectivity index (χ3n) is 6.43. The monoisotopic (exact) mass is 433 g/mol. The first-order valence-corrected chi connectivity index (χ1v) is 12.7. The van der Waals surface area contributed by atoms with Crippen molar-refractivity contribution in [1.82, 2.24) is 0 Å². The molecule has 5 heteroatoms. The standard InChI is InChI=1S/C26H44N2O3/c1-3-5-7-8-12-18-28(19-13-9-14-20-28)21-23-31-26(29)27-24-16-10-11-17-25(24)30-22-15-6-4-2/h10-11,16-17H,3-9,12-15,18-23H2,1-2H3/p+1. The van der Waals surface area contributed by atoms with Gasteiger partial charge >= 0.3 is 6.09 Å². The fourth-order valence-corrected chi connectivity index (χ4v) is 4.50. The number of unbranched alkanes of at least 4 members (excludes halogenated alkanes) is 6. The Morgan fingerprint density at radius 2 is 1.58 bits per heavy atom. The number of amides is 1. The fraction of sp³-hybridized carbons (Fsp3) is 0.731. The fourth-order valence-electron chi connectivity index (χ4n) is 4.50. The topological polar surface area (TPSA) is 47.6 Å². The first-order valence-electron chi connectivity index (χ1n) is 12.7. The molecule has 1 N–H and O–H groups in total. The SMILES string of the molecule is CCCCCCC[N+]1(CCOC(=O)Nc2ccccc2OCCCCC)CCCCC1. The molecule has 1 heterocycles. The molecule has 5 nitrogen and oxygen atoms in total. The van der Waals surface area contributed by atoms with E-state index in [0.29, 0.717) is 24.7 Å². The summed E-state index contributed by atoms with van der Waals surface area (Å²) in [7, 11) is 0. The Hall–Kier alpha value is -1.75. The lowest BCUT2D eigenvalue weighted by molar-refractivity contribution is -0.932. The summed E-state index contributed by atoms with van der Waals surface area (Å²) in [6.45, 7) is 10.2. The van der Waals surface area contributed by atoms with Gasteiger partial charge in [-0.2, -0.15) is 0 Å². The molecule has 1 aliphatic heterocycles. The number of carbonyl (C=O) groups excluding carboxylic acids is 1. The van der Waals surface area contributed by atoms with Gasteiger partial charge in [0.1, 0.15) is 18.9 Å². The van der Waals surface area contributed by atoms with E-state index in [9.17, 15) is 4.79 Å². The number of benzene rings is 1. The average molecular weight is 434 g/mol. The van der Waals surface area contributed by atoms with E-state index in [1.807, 2.05) is 24.3 Å². The highest BCUT2D eigenvalue weighted by atomic mass is 16.5. The van der Waals surface area contributed by atoms with Crippen LogP contribution in [0, 0.1) is 0 Å². The normalized spacial score (nSPS) is 15.4. The summed E-state index contributed by atoms with van der Waals surface area (Å²) in [4.78, 5) is 12.4. The molecular formula is C26H45N2O3+. The Balaban J connectivity index is 1.77. The zero-order valence-electron chi connectivity index (χ0n) is 20.0. The maximum atomic E-state index is 12.4. The van der Waals surface area contributed by atoms with Crippen LogP contribution in [0.4, 0.5) is 10.5 Å². The molecular weight excluding hydrogens is 388 g/mol. The lowest BCUT2D eigenvalue weighted by atomic mass is 10.1. The second-order valence-corrected chi connectivity index (χ2v) is 9.02. The largest absolute Gasteiger partial charge is 0.491 e. The van der Waals surface area contributed by atoms with Crippen LogP contribution in [0.1, 0.15) is 84.5 Å². The third-order valence-corrected chi connectivity index (χ3v) is 6.43. The van der Waals surface area contributed by atoms with Crippen LogP contribution in [0.5, 0.6) is 5.75 Å². The third kappa shape index (κ3) is 9.94. The van der Waals surface area contributed by atoms with Crippen molar-refractivity contribution in [2.24, 2.45) is 0 Å². The van der Waals surface area contributed by atoms with Gasteiger partial charge in [0.15, 0.2) is 0 Å². The van der Waals surface area contributed by atoms with Crippen LogP contribution >= 0.6 is 0 Å². The molecule has 0 saturated carbocycles. The predicted octanol–water partition coefficient (Wildman–Crippen LogP) is 6.78. The minimum Gasteiger partial charge on any atom is -0.491 e. The highest BCUT2D eigenvalue weighted by Crippen LogP contribution is 2.24. The maximum Gasteiger partial charge on any atom is 0.411 e. The van der Waals surface area contributed by atoms with Crippen LogP contribution in [-0.4, -0.2) is 50.0 Å². The molecule has 1 fully saturated rings. The molecule has 0 aliphatic carbocycles. The van der Waals surface area contributed by atoms with Crippen LogP contribution in [0.15, 0.2) is 24.3 Å². The van der Waals surface area contributed by atoms with Crippen molar-refractivity contribution in [3.8, 4) is 5.75 Å². The van der Waals surface area contributed by atoms with Crippen molar-refractivity contribution in [3.63, 3.8) is 0 Å². The zero-order valence-corrected chi connectivity index (χ0v) is 20.0. The van der Waals surface area contributed by atoms with Gasteiger partial charge < -0.3 is 14.0 Å². The molecule has 1 aromatic carbocycles. The molecule has 0 unspecified atom stereocenters. The summed E-state index contributed by atoms with van der Waals surface area (Å²) in [5.41, 5.74) is 0.682. The highest BCUT2D eigenvalue weighted by Gasteiger charge is 2.29. The molecule has 2 rings (SSSR count). The number of nitrogens with one attached hydrogen (secondary N) is 1. The van der Waals surface area contributed by atoms with E-state index in [4.69, 9.17) is 9.47 Å². The molecule has 0 aromatic heterocycles. The summed E-state index contributed by atoms with van der Waals surface area (Å²) in [5, 5.41) is 2.87. The smallest absolute Gasteiger partial charge is 0.411 e. The number of anilines is 1. The second kappa shape index (κ2) is 15.1. The van der Waals surface area contributed by atoms with Crippen LogP contribution in [0.2, 0.25) is 0 Å². The van der Waals surface area contributed by atoms with Crippen molar-refractivity contribution in [2.45, 2.75) is 84.5 Å². The molecule has 1 aromatic rings. The van der Waals surface area contributed by atoms with Crippen molar-refractivity contribution in [2.75, 3.05) is 44.7 Å². The second-order valence-electron chi connectivity index (χ2n) is 9.02. The molecule has 0 atom stereocenters. The lowest BCUT2D eigenvalue weighted by Gasteiger charge is -2.41. The minimum absolute atomic E-state index is 0.386. The van der Waals surface area contributed by atoms with Crippen molar-refractivity contribution >= 4 is 11.8 Å². The Labute approximate surface area is 190 Å². The van der Waals surface area contributed by atoms with Gasteiger partial charge in [-0.15, -0.1) is 0 Å². The number of quaternary nitrogens is 1. The van der Waals surface area contributed by atoms with E-state index in [0.717, 1.165) is 30.3 Å². The quantitative estimate of drug-likeness (QED) is 0.245. The summed E-state index contributed by atoms with van der Waals surface area (Å²) in [5.74, 6) is 0.710. The van der Waals surface area contributed by atoms with Crippen LogP contribution in [0.25, 0.3) is 0 Å². The predicted molar refractivity (Wildman–Crippen MR) is 129 cm³/mol. The zero-order chi connectivity index (χ0) is 22.2. The summed E-state index contributed by atoms with van der Waals surface area (Å²) in [6, 6.07) is 7.59. The summed E-state index contributed by atoms with van der Waals surface area (Å²) >= 11 is 0. The highest BCUT2D eigenvalue weighted by molar-refractivity contribution is 5.86. The lowest BCUT2D eigenvalue weighted by Crippen LogP contribution is -2.54. The number of carbonyl (C=O) groups is 1. The van der Waals surface area contributed by atoms with E-state index < -0.39 is 0 Å². The molecule has 1 saturated heterocycles. The van der Waals surface area contributed by atoms with E-state index in [2.05, 4.69) is 19.2 Å². The molecule has 31 heavy (non-hydrogen) atoms. The van der Waals surface area contributed by atoms with Gasteiger partial charge in [-0.1, -0.05) is 58.1 Å². The number of hydrogen-bond acceptors (Lipinski definition) is 3. The minimum atomic E-state index is -0.386. The van der Waals surface area contributed by atoms with Crippen molar-refractivity contribution in [3.05, 3.63) is 24.3 Å². The number of nitrogens with zero attached hydrogens (tertiary/aromatic N) is 1. The summed E-state index contributed by atoms with van der Waals surface area (Å²) < 4.78 is 12.6. The number of ether oxygens (including phenoxy) is 2. The molecule has 0 bridgehead atoms. The van der Waals surface area contributed by atoms with Gasteiger partial charge in [0.2, 0.25) is 0 Å². The first kappa shape index (κ1) is 25.5. The molecule has 176 valence electrons. The Kier molecular flexibility index (Phi) is 12.4. The number of para-hydroxylation sites is 2. The molecule has 0 spiro atoms. The molecule has 1 aliphatic rings. The number of rotatable bonds is 15. The number of hydrogen-bond donors (Lipinski definition) is 1. The molecule has 0 radical (unpaired) electrons. The van der Waals surface area contributed by atoms with Gasteiger partial charge in [0.25, 0.3) is 0 Å². The first-order chi connectivity index (χ1) is 15.2. The van der Waals surface area contributed by atoms with Gasteiger partial charge in [-0.25, -0.2) is 4.79 Å². The Morgan fingerprint density at radius 3 is 2.35 bits per heavy atom. The van der Waals surface area contributed by atoms with Gasteiger partial charge in [0, 0.05) is 0 Å². The number of likely N-dealkylation sites (tertiary alicyclic amines) is 1. The van der Waals surface area contributed by atoms with E-state index in [1.54, 1.807) is 0 Å². The summed E-state index contributed by atoms with van der Waals surface area (Å²) in [6.07, 6.45) is 13.5. The van der Waals surface area contributed by atoms with Gasteiger partial charge in [-0.05, 0) is 50.7 Å². The maximum absolute atomic E-state index is 12.4. The Morgan fingerprint density at radius 1 is 0.871 bits per heavy atom. The Bertz CT molecular complexity index is 614. The van der Waals surface area contributed by atoms with Gasteiger partial charge in [0.05, 0.1) is 31.9 Å². The average Bonchev–Trinajstić information content (AvgIpc) is 2.78. The van der Waals surface area contributed by atoms with E-state index in [1.165, 1.54) is 71.0 Å². The number of piperidine rings is 1. The van der Waals surface area contributed by atoms with Crippen molar-refractivity contribution in [1.29, 1.82) is 0 Å². The molecule has 1 amide bonds. The van der Waals surface area contributed by atoms with Crippen LogP contribution < -0.4 is 10.1 Å². The van der Waals surface area contributed by atoms with E-state index in [-0.39, 0.29) is 6.09 Å².